The number of rotatable bonds is 7. The Morgan fingerprint density at radius 3 is 2.67 bits per heavy atom. The molecule has 1 atom stereocenters. The fraction of sp³-hybridized carbons (Fsp3) is 0.312. The number of carbonyl (C=O) groups excluding carboxylic acids is 1. The molecule has 1 amide bonds. The van der Waals surface area contributed by atoms with Gasteiger partial charge in [-0.15, -0.1) is 11.3 Å². The van der Waals surface area contributed by atoms with Gasteiger partial charge in [0.25, 0.3) is 0 Å². The maximum Gasteiger partial charge on any atom is 0.238 e. The number of thiophene rings is 1. The minimum atomic E-state index is -0.0433. The van der Waals surface area contributed by atoms with Gasteiger partial charge in [0.15, 0.2) is 0 Å². The van der Waals surface area contributed by atoms with Crippen LogP contribution in [0, 0.1) is 0 Å². The predicted octanol–water partition coefficient (Wildman–Crippen LogP) is 2.92. The van der Waals surface area contributed by atoms with E-state index in [2.05, 4.69) is 29.0 Å². The molecule has 21 heavy (non-hydrogen) atoms. The first-order valence-corrected chi connectivity index (χ1v) is 7.75. The Bertz CT molecular complexity index is 552. The Morgan fingerprint density at radius 2 is 2.05 bits per heavy atom. The van der Waals surface area contributed by atoms with Crippen LogP contribution in [-0.2, 0) is 11.2 Å². The zero-order valence-corrected chi connectivity index (χ0v) is 13.1. The molecule has 0 radical (unpaired) electrons. The van der Waals surface area contributed by atoms with E-state index < -0.39 is 0 Å². The minimum Gasteiger partial charge on any atom is -0.497 e. The molecule has 0 aliphatic rings. The first-order valence-electron chi connectivity index (χ1n) is 6.87. The van der Waals surface area contributed by atoms with Gasteiger partial charge in [0.05, 0.1) is 13.7 Å². The fourth-order valence-corrected chi connectivity index (χ4v) is 2.78. The first kappa shape index (κ1) is 15.5. The van der Waals surface area contributed by atoms with Crippen molar-refractivity contribution in [3.8, 4) is 5.75 Å². The SMILES string of the molecule is COc1ccc(NC(=O)CNC(C)Cc2cccs2)cc1. The Labute approximate surface area is 129 Å². The van der Waals surface area contributed by atoms with E-state index in [9.17, 15) is 4.79 Å². The van der Waals surface area contributed by atoms with Crippen molar-refractivity contribution in [1.82, 2.24) is 5.32 Å². The largest absolute Gasteiger partial charge is 0.497 e. The van der Waals surface area contributed by atoms with Crippen LogP contribution in [-0.4, -0.2) is 25.6 Å². The molecule has 0 saturated carbocycles. The van der Waals surface area contributed by atoms with E-state index in [0.717, 1.165) is 17.9 Å². The van der Waals surface area contributed by atoms with Crippen LogP contribution in [0.5, 0.6) is 5.75 Å². The Kier molecular flexibility index (Phi) is 5.78. The van der Waals surface area contributed by atoms with Crippen LogP contribution in [0.25, 0.3) is 0 Å². The standard InChI is InChI=1S/C16H20N2O2S/c1-12(10-15-4-3-9-21-15)17-11-16(19)18-13-5-7-14(20-2)8-6-13/h3-9,12,17H,10-11H2,1-2H3,(H,18,19). The van der Waals surface area contributed by atoms with Gasteiger partial charge in [-0.25, -0.2) is 0 Å². The van der Waals surface area contributed by atoms with Crippen LogP contribution in [0.4, 0.5) is 5.69 Å². The number of hydrogen-bond acceptors (Lipinski definition) is 4. The molecule has 4 nitrogen and oxygen atoms in total. The van der Waals surface area contributed by atoms with Crippen LogP contribution < -0.4 is 15.4 Å². The number of anilines is 1. The van der Waals surface area contributed by atoms with Crippen molar-refractivity contribution < 1.29 is 9.53 Å². The quantitative estimate of drug-likeness (QED) is 0.827. The average molecular weight is 304 g/mol. The lowest BCUT2D eigenvalue weighted by molar-refractivity contribution is -0.115. The third-order valence-corrected chi connectivity index (χ3v) is 3.97. The lowest BCUT2D eigenvalue weighted by Crippen LogP contribution is -2.35. The number of benzene rings is 1. The van der Waals surface area contributed by atoms with E-state index in [-0.39, 0.29) is 11.9 Å². The number of amides is 1. The highest BCUT2D eigenvalue weighted by Crippen LogP contribution is 2.14. The summed E-state index contributed by atoms with van der Waals surface area (Å²) in [4.78, 5) is 13.2. The van der Waals surface area contributed by atoms with Crippen molar-refractivity contribution in [3.05, 3.63) is 46.7 Å². The summed E-state index contributed by atoms with van der Waals surface area (Å²) in [5.41, 5.74) is 0.772. The Balaban J connectivity index is 1.73. The van der Waals surface area contributed by atoms with Crippen molar-refractivity contribution >= 4 is 22.9 Å². The third kappa shape index (κ3) is 5.21. The number of carbonyl (C=O) groups is 1. The summed E-state index contributed by atoms with van der Waals surface area (Å²) >= 11 is 1.74. The Morgan fingerprint density at radius 1 is 1.29 bits per heavy atom. The van der Waals surface area contributed by atoms with Gasteiger partial charge in [-0.3, -0.25) is 4.79 Å². The molecule has 1 unspecified atom stereocenters. The highest BCUT2D eigenvalue weighted by atomic mass is 32.1. The molecule has 0 aliphatic carbocycles. The van der Waals surface area contributed by atoms with Crippen molar-refractivity contribution in [2.24, 2.45) is 0 Å². The van der Waals surface area contributed by atoms with Crippen LogP contribution in [0.15, 0.2) is 41.8 Å². The molecule has 2 aromatic rings. The number of hydrogen-bond donors (Lipinski definition) is 2. The molecule has 112 valence electrons. The summed E-state index contributed by atoms with van der Waals surface area (Å²) in [6.07, 6.45) is 0.938. The first-order chi connectivity index (χ1) is 10.2. The maximum atomic E-state index is 11.9. The van der Waals surface area contributed by atoms with Crippen molar-refractivity contribution in [1.29, 1.82) is 0 Å². The van der Waals surface area contributed by atoms with E-state index in [1.54, 1.807) is 18.4 Å². The lowest BCUT2D eigenvalue weighted by Gasteiger charge is -2.13. The topological polar surface area (TPSA) is 50.4 Å². The second-order valence-electron chi connectivity index (χ2n) is 4.84. The molecule has 2 N–H and O–H groups in total. The number of ether oxygens (including phenoxy) is 1. The number of methoxy groups -OCH3 is 1. The molecule has 1 aromatic heterocycles. The second kappa shape index (κ2) is 7.81. The summed E-state index contributed by atoms with van der Waals surface area (Å²) < 4.78 is 5.08. The van der Waals surface area contributed by atoms with E-state index in [0.29, 0.717) is 6.54 Å². The molecule has 1 heterocycles. The minimum absolute atomic E-state index is 0.0433. The molecule has 0 spiro atoms. The lowest BCUT2D eigenvalue weighted by atomic mass is 10.2. The summed E-state index contributed by atoms with van der Waals surface area (Å²) in [6, 6.07) is 11.7. The smallest absolute Gasteiger partial charge is 0.238 e. The molecular weight excluding hydrogens is 284 g/mol. The van der Waals surface area contributed by atoms with Crippen LogP contribution >= 0.6 is 11.3 Å². The van der Waals surface area contributed by atoms with Gasteiger partial charge < -0.3 is 15.4 Å². The van der Waals surface area contributed by atoms with Crippen molar-refractivity contribution in [2.75, 3.05) is 19.0 Å². The predicted molar refractivity (Wildman–Crippen MR) is 87.1 cm³/mol. The third-order valence-electron chi connectivity index (χ3n) is 3.07. The maximum absolute atomic E-state index is 11.9. The van der Waals surface area contributed by atoms with Gasteiger partial charge in [0.1, 0.15) is 5.75 Å². The Hall–Kier alpha value is -1.85. The summed E-state index contributed by atoms with van der Waals surface area (Å²) in [5, 5.41) is 8.15. The van der Waals surface area contributed by atoms with Crippen molar-refractivity contribution in [2.45, 2.75) is 19.4 Å². The zero-order chi connectivity index (χ0) is 15.1. The molecule has 0 aliphatic heterocycles. The molecule has 5 heteroatoms. The van der Waals surface area contributed by atoms with Gasteiger partial charge in [-0.1, -0.05) is 6.07 Å². The summed E-state index contributed by atoms with van der Waals surface area (Å²) in [7, 11) is 1.62. The molecule has 0 fully saturated rings. The van der Waals surface area contributed by atoms with Gasteiger partial charge in [-0.2, -0.15) is 0 Å². The normalized spacial score (nSPS) is 11.9. The highest BCUT2D eigenvalue weighted by molar-refractivity contribution is 7.09. The molecular formula is C16H20N2O2S. The molecule has 2 rings (SSSR count). The van der Waals surface area contributed by atoms with Gasteiger partial charge in [0.2, 0.25) is 5.91 Å². The fourth-order valence-electron chi connectivity index (χ4n) is 1.95. The van der Waals surface area contributed by atoms with E-state index >= 15 is 0 Å². The molecule has 1 aromatic carbocycles. The summed E-state index contributed by atoms with van der Waals surface area (Å²) in [6.45, 7) is 2.39. The zero-order valence-electron chi connectivity index (χ0n) is 12.3. The van der Waals surface area contributed by atoms with Crippen LogP contribution in [0.1, 0.15) is 11.8 Å². The van der Waals surface area contributed by atoms with Gasteiger partial charge >= 0.3 is 0 Å². The highest BCUT2D eigenvalue weighted by Gasteiger charge is 2.07. The summed E-state index contributed by atoms with van der Waals surface area (Å²) in [5.74, 6) is 0.730. The van der Waals surface area contributed by atoms with Gasteiger partial charge in [0, 0.05) is 16.6 Å². The van der Waals surface area contributed by atoms with Crippen LogP contribution in [0.3, 0.4) is 0 Å². The van der Waals surface area contributed by atoms with Gasteiger partial charge in [-0.05, 0) is 49.1 Å². The average Bonchev–Trinajstić information content (AvgIpc) is 2.99. The number of nitrogens with one attached hydrogen (secondary N) is 2. The van der Waals surface area contributed by atoms with Crippen LogP contribution in [0.2, 0.25) is 0 Å². The monoisotopic (exact) mass is 304 g/mol. The van der Waals surface area contributed by atoms with E-state index in [1.807, 2.05) is 30.3 Å². The molecule has 0 saturated heterocycles. The molecule has 0 bridgehead atoms. The second-order valence-corrected chi connectivity index (χ2v) is 5.87. The van der Waals surface area contributed by atoms with E-state index in [4.69, 9.17) is 4.74 Å². The van der Waals surface area contributed by atoms with E-state index in [1.165, 1.54) is 4.88 Å². The van der Waals surface area contributed by atoms with Crippen molar-refractivity contribution in [3.63, 3.8) is 0 Å².